The fraction of sp³-hybridized carbons (Fsp3) is 0.333. The fourth-order valence-corrected chi connectivity index (χ4v) is 5.23. The van der Waals surface area contributed by atoms with Crippen molar-refractivity contribution in [3.8, 4) is 0 Å². The van der Waals surface area contributed by atoms with Gasteiger partial charge in [-0.2, -0.15) is 0 Å². The normalized spacial score (nSPS) is 17.5. The quantitative estimate of drug-likeness (QED) is 0.835. The predicted octanol–water partition coefficient (Wildman–Crippen LogP) is 3.38. The van der Waals surface area contributed by atoms with Gasteiger partial charge < -0.3 is 5.73 Å². The van der Waals surface area contributed by atoms with Crippen molar-refractivity contribution in [1.82, 2.24) is 4.72 Å². The van der Waals surface area contributed by atoms with E-state index in [0.29, 0.717) is 16.8 Å². The lowest BCUT2D eigenvalue weighted by Crippen LogP contribution is -2.32. The number of benzene rings is 2. The van der Waals surface area contributed by atoms with Crippen molar-refractivity contribution >= 4 is 15.7 Å². The van der Waals surface area contributed by atoms with Crippen molar-refractivity contribution in [2.75, 3.05) is 5.73 Å². The second-order valence-corrected chi connectivity index (χ2v) is 8.04. The molecule has 2 aromatic carbocycles. The van der Waals surface area contributed by atoms with Gasteiger partial charge in [0.15, 0.2) is 0 Å². The van der Waals surface area contributed by atoms with Gasteiger partial charge in [-0.1, -0.05) is 6.07 Å². The molecule has 0 aliphatic heterocycles. The first kappa shape index (κ1) is 16.9. The molecule has 128 valence electrons. The molecule has 3 N–H and O–H groups in total. The van der Waals surface area contributed by atoms with E-state index in [0.717, 1.165) is 30.4 Å². The van der Waals surface area contributed by atoms with Crippen molar-refractivity contribution in [3.63, 3.8) is 0 Å². The Kier molecular flexibility index (Phi) is 4.36. The Balaban J connectivity index is 1.98. The third-order valence-electron chi connectivity index (χ3n) is 4.47. The average molecular weight is 348 g/mol. The Morgan fingerprint density at radius 2 is 1.83 bits per heavy atom. The molecule has 1 aliphatic carbocycles. The number of aryl methyl sites for hydroxylation is 3. The Hall–Kier alpha value is -1.92. The minimum atomic E-state index is -3.74. The van der Waals surface area contributed by atoms with Gasteiger partial charge in [-0.05, 0) is 79.6 Å². The summed E-state index contributed by atoms with van der Waals surface area (Å²) in [5.41, 5.74) is 9.38. The highest BCUT2D eigenvalue weighted by Crippen LogP contribution is 2.33. The monoisotopic (exact) mass is 348 g/mol. The van der Waals surface area contributed by atoms with E-state index in [9.17, 15) is 12.8 Å². The molecule has 2 aromatic rings. The van der Waals surface area contributed by atoms with Crippen molar-refractivity contribution in [2.45, 2.75) is 44.0 Å². The van der Waals surface area contributed by atoms with Crippen molar-refractivity contribution in [1.29, 1.82) is 0 Å². The average Bonchev–Trinajstić information content (AvgIpc) is 2.45. The zero-order valence-corrected chi connectivity index (χ0v) is 14.6. The van der Waals surface area contributed by atoms with E-state index >= 15 is 0 Å². The standard InChI is InChI=1S/C18H21FN2O2S/c1-11-8-14(19)9-12(2)18(11)24(22,23)21-17-5-3-4-13-10-15(20)6-7-16(13)17/h6-10,17,21H,3-5,20H2,1-2H3. The first-order valence-corrected chi connectivity index (χ1v) is 9.43. The molecule has 0 fully saturated rings. The topological polar surface area (TPSA) is 72.2 Å². The number of rotatable bonds is 3. The van der Waals surface area contributed by atoms with Gasteiger partial charge in [0.2, 0.25) is 10.0 Å². The molecule has 0 aromatic heterocycles. The molecule has 0 amide bonds. The lowest BCUT2D eigenvalue weighted by molar-refractivity contribution is 0.506. The number of halogens is 1. The van der Waals surface area contributed by atoms with Crippen LogP contribution in [0.25, 0.3) is 0 Å². The van der Waals surface area contributed by atoms with E-state index < -0.39 is 15.8 Å². The summed E-state index contributed by atoms with van der Waals surface area (Å²) in [6, 6.07) is 7.79. The Morgan fingerprint density at radius 1 is 1.17 bits per heavy atom. The maximum atomic E-state index is 13.5. The molecule has 0 heterocycles. The largest absolute Gasteiger partial charge is 0.399 e. The number of sulfonamides is 1. The van der Waals surface area contributed by atoms with Gasteiger partial charge >= 0.3 is 0 Å². The van der Waals surface area contributed by atoms with Crippen LogP contribution in [-0.4, -0.2) is 8.42 Å². The highest BCUT2D eigenvalue weighted by atomic mass is 32.2. The Bertz CT molecular complexity index is 871. The van der Waals surface area contributed by atoms with Crippen LogP contribution in [0, 0.1) is 19.7 Å². The van der Waals surface area contributed by atoms with Gasteiger partial charge in [0.1, 0.15) is 5.82 Å². The van der Waals surface area contributed by atoms with Crippen LogP contribution in [0.5, 0.6) is 0 Å². The lowest BCUT2D eigenvalue weighted by Gasteiger charge is -2.27. The van der Waals surface area contributed by atoms with Crippen LogP contribution >= 0.6 is 0 Å². The van der Waals surface area contributed by atoms with E-state index in [4.69, 9.17) is 5.73 Å². The summed E-state index contributed by atoms with van der Waals surface area (Å²) in [7, 11) is -3.74. The SMILES string of the molecule is Cc1cc(F)cc(C)c1S(=O)(=O)NC1CCCc2cc(N)ccc21. The second kappa shape index (κ2) is 6.18. The van der Waals surface area contributed by atoms with E-state index in [1.165, 1.54) is 12.1 Å². The molecule has 1 atom stereocenters. The van der Waals surface area contributed by atoms with Gasteiger partial charge in [0.25, 0.3) is 0 Å². The zero-order chi connectivity index (χ0) is 17.5. The predicted molar refractivity (Wildman–Crippen MR) is 92.7 cm³/mol. The van der Waals surface area contributed by atoms with Crippen molar-refractivity contribution in [2.24, 2.45) is 0 Å². The van der Waals surface area contributed by atoms with Gasteiger partial charge in [-0.15, -0.1) is 0 Å². The summed E-state index contributed by atoms with van der Waals surface area (Å²) in [5, 5.41) is 0. The second-order valence-electron chi connectivity index (χ2n) is 6.39. The number of nitrogens with two attached hydrogens (primary N) is 1. The highest BCUT2D eigenvalue weighted by Gasteiger charge is 2.28. The van der Waals surface area contributed by atoms with E-state index in [2.05, 4.69) is 4.72 Å². The summed E-state index contributed by atoms with van der Waals surface area (Å²) in [5.74, 6) is -0.428. The number of nitrogens with one attached hydrogen (secondary N) is 1. The molecule has 0 radical (unpaired) electrons. The number of nitrogen functional groups attached to an aromatic ring is 1. The maximum Gasteiger partial charge on any atom is 0.241 e. The smallest absolute Gasteiger partial charge is 0.241 e. The first-order chi connectivity index (χ1) is 11.3. The van der Waals surface area contributed by atoms with Crippen LogP contribution in [0.15, 0.2) is 35.2 Å². The van der Waals surface area contributed by atoms with Crippen LogP contribution in [0.2, 0.25) is 0 Å². The molecule has 0 spiro atoms. The summed E-state index contributed by atoms with van der Waals surface area (Å²) in [6.07, 6.45) is 2.52. The zero-order valence-electron chi connectivity index (χ0n) is 13.8. The van der Waals surface area contributed by atoms with Crippen LogP contribution in [0.1, 0.15) is 41.1 Å². The highest BCUT2D eigenvalue weighted by molar-refractivity contribution is 7.89. The minimum absolute atomic E-state index is 0.159. The van der Waals surface area contributed by atoms with Gasteiger partial charge in [-0.25, -0.2) is 17.5 Å². The van der Waals surface area contributed by atoms with Crippen LogP contribution in [-0.2, 0) is 16.4 Å². The lowest BCUT2D eigenvalue weighted by atomic mass is 9.88. The third kappa shape index (κ3) is 3.16. The maximum absolute atomic E-state index is 13.5. The molecule has 24 heavy (non-hydrogen) atoms. The van der Waals surface area contributed by atoms with Crippen LogP contribution in [0.4, 0.5) is 10.1 Å². The Labute approximate surface area is 141 Å². The van der Waals surface area contributed by atoms with Crippen LogP contribution in [0.3, 0.4) is 0 Å². The summed E-state index contributed by atoms with van der Waals surface area (Å²) in [6.45, 7) is 3.22. The van der Waals surface area contributed by atoms with Crippen molar-refractivity contribution < 1.29 is 12.8 Å². The summed E-state index contributed by atoms with van der Waals surface area (Å²) >= 11 is 0. The molecule has 1 unspecified atom stereocenters. The van der Waals surface area contributed by atoms with Crippen LogP contribution < -0.4 is 10.5 Å². The number of anilines is 1. The third-order valence-corrected chi connectivity index (χ3v) is 6.25. The molecule has 3 rings (SSSR count). The summed E-state index contributed by atoms with van der Waals surface area (Å²) < 4.78 is 42.0. The molecular formula is C18H21FN2O2S. The van der Waals surface area contributed by atoms with Crippen molar-refractivity contribution in [3.05, 3.63) is 58.4 Å². The molecule has 6 heteroatoms. The Morgan fingerprint density at radius 3 is 2.50 bits per heavy atom. The van der Waals surface area contributed by atoms with E-state index in [1.807, 2.05) is 12.1 Å². The van der Waals surface area contributed by atoms with E-state index in [1.54, 1.807) is 19.9 Å². The molecule has 0 saturated carbocycles. The molecule has 1 aliphatic rings. The summed E-state index contributed by atoms with van der Waals surface area (Å²) in [4.78, 5) is 0.159. The molecular weight excluding hydrogens is 327 g/mol. The van der Waals surface area contributed by atoms with E-state index in [-0.39, 0.29) is 10.9 Å². The minimum Gasteiger partial charge on any atom is -0.399 e. The molecule has 0 saturated heterocycles. The number of hydrogen-bond acceptors (Lipinski definition) is 3. The van der Waals surface area contributed by atoms with Gasteiger partial charge in [-0.3, -0.25) is 0 Å². The first-order valence-electron chi connectivity index (χ1n) is 7.95. The van der Waals surface area contributed by atoms with Gasteiger partial charge in [0, 0.05) is 11.7 Å². The number of hydrogen-bond donors (Lipinski definition) is 2. The molecule has 4 nitrogen and oxygen atoms in total. The van der Waals surface area contributed by atoms with Gasteiger partial charge in [0.05, 0.1) is 4.90 Å². The fourth-order valence-electron chi connectivity index (χ4n) is 3.52. The number of fused-ring (bicyclic) bond motifs is 1. The molecule has 0 bridgehead atoms.